The van der Waals surface area contributed by atoms with Gasteiger partial charge in [0.2, 0.25) is 5.96 Å². The molecule has 5 nitrogen and oxygen atoms in total. The summed E-state index contributed by atoms with van der Waals surface area (Å²) in [6, 6.07) is 22.1. The molecule has 0 aliphatic carbocycles. The molecule has 120 valence electrons. The zero-order valence-electron chi connectivity index (χ0n) is 13.1. The van der Waals surface area contributed by atoms with Crippen LogP contribution >= 0.6 is 0 Å². The van der Waals surface area contributed by atoms with Crippen LogP contribution in [0, 0.1) is 0 Å². The molecule has 0 unspecified atom stereocenters. The lowest BCUT2D eigenvalue weighted by atomic mass is 10.1. The fraction of sp³-hybridized carbons (Fsp3) is 0.0526. The van der Waals surface area contributed by atoms with Gasteiger partial charge in [-0.15, -0.1) is 5.10 Å². The van der Waals surface area contributed by atoms with Crippen molar-refractivity contribution in [2.45, 2.75) is 6.61 Å². The predicted octanol–water partition coefficient (Wildman–Crippen LogP) is 3.03. The highest BCUT2D eigenvalue weighted by atomic mass is 16.5. The Morgan fingerprint density at radius 3 is 2.50 bits per heavy atom. The number of nitrogens with two attached hydrogens (primary N) is 2. The molecule has 0 heterocycles. The van der Waals surface area contributed by atoms with E-state index in [9.17, 15) is 0 Å². The summed E-state index contributed by atoms with van der Waals surface area (Å²) in [6.45, 7) is 0.470. The van der Waals surface area contributed by atoms with Crippen LogP contribution in [-0.4, -0.2) is 12.2 Å². The van der Waals surface area contributed by atoms with Crippen LogP contribution in [0.4, 0.5) is 0 Å². The summed E-state index contributed by atoms with van der Waals surface area (Å²) in [4.78, 5) is 0. The quantitative estimate of drug-likeness (QED) is 0.431. The van der Waals surface area contributed by atoms with Crippen LogP contribution < -0.4 is 16.2 Å². The van der Waals surface area contributed by atoms with E-state index in [4.69, 9.17) is 16.2 Å². The third kappa shape index (κ3) is 3.89. The van der Waals surface area contributed by atoms with Gasteiger partial charge in [0.25, 0.3) is 0 Å². The number of guanidine groups is 1. The Morgan fingerprint density at radius 1 is 0.917 bits per heavy atom. The zero-order valence-corrected chi connectivity index (χ0v) is 13.1. The van der Waals surface area contributed by atoms with Crippen molar-refractivity contribution in [1.82, 2.24) is 0 Å². The Kier molecular flexibility index (Phi) is 4.72. The summed E-state index contributed by atoms with van der Waals surface area (Å²) in [5, 5.41) is 9.84. The van der Waals surface area contributed by atoms with Gasteiger partial charge in [0.1, 0.15) is 12.4 Å². The lowest BCUT2D eigenvalue weighted by Gasteiger charge is -2.09. The van der Waals surface area contributed by atoms with E-state index >= 15 is 0 Å². The fourth-order valence-corrected chi connectivity index (χ4v) is 2.37. The Labute approximate surface area is 140 Å². The highest BCUT2D eigenvalue weighted by Crippen LogP contribution is 2.20. The number of ether oxygens (including phenoxy) is 1. The van der Waals surface area contributed by atoms with Gasteiger partial charge in [-0.05, 0) is 34.5 Å². The molecule has 0 spiro atoms. The second-order valence-corrected chi connectivity index (χ2v) is 5.28. The molecule has 0 radical (unpaired) electrons. The maximum atomic E-state index is 5.93. The molecule has 0 fully saturated rings. The molecule has 0 aromatic heterocycles. The van der Waals surface area contributed by atoms with Crippen molar-refractivity contribution in [3.05, 3.63) is 77.9 Å². The van der Waals surface area contributed by atoms with Crippen LogP contribution in [0.5, 0.6) is 5.75 Å². The molecule has 0 bridgehead atoms. The Hall–Kier alpha value is -3.34. The van der Waals surface area contributed by atoms with Gasteiger partial charge in [0, 0.05) is 5.56 Å². The normalized spacial score (nSPS) is 10.8. The minimum Gasteiger partial charge on any atom is -0.488 e. The first-order valence-electron chi connectivity index (χ1n) is 7.54. The van der Waals surface area contributed by atoms with E-state index < -0.39 is 0 Å². The van der Waals surface area contributed by atoms with E-state index in [0.29, 0.717) is 6.61 Å². The SMILES string of the molecule is NC(N)=NN=Cc1ccccc1OCc1ccc2ccccc2c1. The van der Waals surface area contributed by atoms with E-state index in [-0.39, 0.29) is 5.96 Å². The molecule has 0 saturated heterocycles. The van der Waals surface area contributed by atoms with Gasteiger partial charge < -0.3 is 16.2 Å². The maximum Gasteiger partial charge on any atom is 0.211 e. The number of rotatable bonds is 5. The summed E-state index contributed by atoms with van der Waals surface area (Å²) in [5.41, 5.74) is 12.4. The van der Waals surface area contributed by atoms with E-state index in [1.807, 2.05) is 36.4 Å². The first-order chi connectivity index (χ1) is 11.7. The summed E-state index contributed by atoms with van der Waals surface area (Å²) < 4.78 is 5.93. The van der Waals surface area contributed by atoms with E-state index in [1.165, 1.54) is 10.8 Å². The van der Waals surface area contributed by atoms with Gasteiger partial charge >= 0.3 is 0 Å². The molecule has 24 heavy (non-hydrogen) atoms. The molecule has 4 N–H and O–H groups in total. The van der Waals surface area contributed by atoms with Crippen molar-refractivity contribution in [1.29, 1.82) is 0 Å². The van der Waals surface area contributed by atoms with Crippen LogP contribution in [0.25, 0.3) is 10.8 Å². The summed E-state index contributed by atoms with van der Waals surface area (Å²) >= 11 is 0. The van der Waals surface area contributed by atoms with Crippen LogP contribution in [0.15, 0.2) is 76.9 Å². The minimum atomic E-state index is -0.0826. The van der Waals surface area contributed by atoms with Gasteiger partial charge in [-0.25, -0.2) is 0 Å². The van der Waals surface area contributed by atoms with Crippen LogP contribution in [0.3, 0.4) is 0 Å². The summed E-state index contributed by atoms with van der Waals surface area (Å²) in [7, 11) is 0. The smallest absolute Gasteiger partial charge is 0.211 e. The molecule has 3 aromatic rings. The number of nitrogens with zero attached hydrogens (tertiary/aromatic N) is 2. The number of hydrogen-bond donors (Lipinski definition) is 2. The molecular weight excluding hydrogens is 300 g/mol. The molecule has 0 atom stereocenters. The van der Waals surface area contributed by atoms with Gasteiger partial charge in [-0.1, -0.05) is 48.5 Å². The fourth-order valence-electron chi connectivity index (χ4n) is 2.37. The molecule has 0 amide bonds. The van der Waals surface area contributed by atoms with Crippen molar-refractivity contribution in [2.75, 3.05) is 0 Å². The van der Waals surface area contributed by atoms with E-state index in [1.54, 1.807) is 6.21 Å². The topological polar surface area (TPSA) is 86.0 Å². The number of fused-ring (bicyclic) bond motifs is 1. The summed E-state index contributed by atoms with van der Waals surface area (Å²) in [6.07, 6.45) is 1.56. The van der Waals surface area contributed by atoms with Crippen molar-refractivity contribution in [3.8, 4) is 5.75 Å². The molecule has 0 saturated carbocycles. The largest absolute Gasteiger partial charge is 0.488 e. The number of para-hydroxylation sites is 1. The van der Waals surface area contributed by atoms with Gasteiger partial charge in [-0.2, -0.15) is 5.10 Å². The number of benzene rings is 3. The third-order valence-electron chi connectivity index (χ3n) is 3.50. The lowest BCUT2D eigenvalue weighted by molar-refractivity contribution is 0.306. The van der Waals surface area contributed by atoms with Crippen LogP contribution in [0.1, 0.15) is 11.1 Å². The molecule has 0 aliphatic rings. The molecule has 0 aliphatic heterocycles. The third-order valence-corrected chi connectivity index (χ3v) is 3.50. The van der Waals surface area contributed by atoms with Crippen molar-refractivity contribution in [2.24, 2.45) is 21.7 Å². The van der Waals surface area contributed by atoms with Crippen molar-refractivity contribution < 1.29 is 4.74 Å². The van der Waals surface area contributed by atoms with Crippen LogP contribution in [-0.2, 0) is 6.61 Å². The molecular formula is C19H18N4O. The second kappa shape index (κ2) is 7.28. The van der Waals surface area contributed by atoms with E-state index in [0.717, 1.165) is 16.9 Å². The van der Waals surface area contributed by atoms with Gasteiger partial charge in [0.15, 0.2) is 0 Å². The van der Waals surface area contributed by atoms with E-state index in [2.05, 4.69) is 40.5 Å². The highest BCUT2D eigenvalue weighted by molar-refractivity contribution is 5.85. The molecule has 3 aromatic carbocycles. The first-order valence-corrected chi connectivity index (χ1v) is 7.54. The van der Waals surface area contributed by atoms with Crippen molar-refractivity contribution in [3.63, 3.8) is 0 Å². The second-order valence-electron chi connectivity index (χ2n) is 5.28. The predicted molar refractivity (Wildman–Crippen MR) is 98.1 cm³/mol. The van der Waals surface area contributed by atoms with Crippen LogP contribution in [0.2, 0.25) is 0 Å². The lowest BCUT2D eigenvalue weighted by Crippen LogP contribution is -2.21. The first kappa shape index (κ1) is 15.6. The molecule has 5 heteroatoms. The zero-order chi connectivity index (χ0) is 16.8. The maximum absolute atomic E-state index is 5.93. The Bertz CT molecular complexity index is 899. The Balaban J connectivity index is 1.76. The standard InChI is InChI=1S/C19H18N4O/c20-19(21)23-22-12-17-7-3-4-8-18(17)24-13-14-9-10-15-5-1-2-6-16(15)11-14/h1-12H,13H2,(H4,20,21,23). The highest BCUT2D eigenvalue weighted by Gasteiger charge is 2.02. The van der Waals surface area contributed by atoms with Crippen molar-refractivity contribution >= 4 is 22.9 Å². The average molecular weight is 318 g/mol. The summed E-state index contributed by atoms with van der Waals surface area (Å²) in [5.74, 6) is 0.640. The average Bonchev–Trinajstić information content (AvgIpc) is 2.60. The van der Waals surface area contributed by atoms with Gasteiger partial charge in [-0.3, -0.25) is 0 Å². The number of hydrogen-bond acceptors (Lipinski definition) is 3. The minimum absolute atomic E-state index is 0.0826. The molecule has 3 rings (SSSR count). The van der Waals surface area contributed by atoms with Gasteiger partial charge in [0.05, 0.1) is 6.21 Å². The monoisotopic (exact) mass is 318 g/mol. The Morgan fingerprint density at radius 2 is 1.67 bits per heavy atom.